The van der Waals surface area contributed by atoms with Crippen LogP contribution in [0.4, 0.5) is 5.82 Å². The van der Waals surface area contributed by atoms with Gasteiger partial charge in [0.2, 0.25) is 0 Å². The maximum Gasteiger partial charge on any atom is 0.260 e. The summed E-state index contributed by atoms with van der Waals surface area (Å²) in [6, 6.07) is 5.81. The first-order valence-electron chi connectivity index (χ1n) is 10.9. The van der Waals surface area contributed by atoms with Crippen molar-refractivity contribution in [2.75, 3.05) is 11.9 Å². The quantitative estimate of drug-likeness (QED) is 0.685. The molecule has 0 saturated heterocycles. The Kier molecular flexibility index (Phi) is 7.02. The van der Waals surface area contributed by atoms with E-state index in [1.165, 1.54) is 6.21 Å². The molecule has 0 aromatic carbocycles. The molecule has 1 N–H and O–H groups in total. The van der Waals surface area contributed by atoms with Gasteiger partial charge in [-0.3, -0.25) is 14.8 Å². The van der Waals surface area contributed by atoms with Crippen LogP contribution >= 0.6 is 0 Å². The van der Waals surface area contributed by atoms with Gasteiger partial charge in [-0.15, -0.1) is 0 Å². The molecule has 1 aliphatic carbocycles. The Hall–Kier alpha value is -3.55. The van der Waals surface area contributed by atoms with Crippen molar-refractivity contribution in [2.45, 2.75) is 52.9 Å². The number of pyridine rings is 1. The Balaban J connectivity index is 0.00000141. The standard InChI is InChI=1S/C22H25N7O.C2H6/c1-5-23-17-14-28(6-2)25-13-16(17)21(30)26-20-11-18(22(4)9-10-22)27-29(20)19-8-7-15(3)12-24-19;1-2/h5-8,11-13H,2,9-10,14H2,1,3-4H3,(H,26,30);1-2H3. The minimum Gasteiger partial charge on any atom is -0.306 e. The van der Waals surface area contributed by atoms with Gasteiger partial charge in [0.1, 0.15) is 5.82 Å². The molecule has 2 aromatic heterocycles. The SMILES string of the molecule is C=CN1CC(N=CC)=C(C(=O)Nc2cc(C3(C)CC3)nn2-c2ccc(C)cn2)C=N1.CC. The second-order valence-electron chi connectivity index (χ2n) is 7.81. The van der Waals surface area contributed by atoms with Crippen molar-refractivity contribution < 1.29 is 4.79 Å². The first kappa shape index (κ1) is 23.1. The zero-order chi connectivity index (χ0) is 23.3. The van der Waals surface area contributed by atoms with E-state index in [1.807, 2.05) is 45.9 Å². The van der Waals surface area contributed by atoms with Crippen molar-refractivity contribution in [3.05, 3.63) is 59.7 Å². The van der Waals surface area contributed by atoms with E-state index in [4.69, 9.17) is 5.10 Å². The van der Waals surface area contributed by atoms with Crippen LogP contribution in [-0.2, 0) is 10.2 Å². The summed E-state index contributed by atoms with van der Waals surface area (Å²) in [5.41, 5.74) is 3.11. The van der Waals surface area contributed by atoms with Crippen LogP contribution in [0.25, 0.3) is 5.82 Å². The van der Waals surface area contributed by atoms with Crippen molar-refractivity contribution in [1.82, 2.24) is 19.8 Å². The summed E-state index contributed by atoms with van der Waals surface area (Å²) in [5.74, 6) is 0.942. The number of nitrogens with zero attached hydrogens (tertiary/aromatic N) is 6. The minimum atomic E-state index is -0.288. The fraction of sp³-hybridized carbons (Fsp3) is 0.375. The Bertz CT molecular complexity index is 1070. The number of aryl methyl sites for hydroxylation is 1. The van der Waals surface area contributed by atoms with Crippen molar-refractivity contribution in [3.63, 3.8) is 0 Å². The summed E-state index contributed by atoms with van der Waals surface area (Å²) in [4.78, 5) is 21.9. The van der Waals surface area contributed by atoms with E-state index in [1.54, 1.807) is 28.3 Å². The number of aliphatic imine (C=N–C) groups is 1. The Morgan fingerprint density at radius 1 is 1.31 bits per heavy atom. The number of aromatic nitrogens is 3. The third kappa shape index (κ3) is 4.85. The van der Waals surface area contributed by atoms with Crippen LogP contribution in [0.5, 0.6) is 0 Å². The number of hydrogen-bond donors (Lipinski definition) is 1. The van der Waals surface area contributed by atoms with Crippen LogP contribution in [-0.4, -0.2) is 44.7 Å². The van der Waals surface area contributed by atoms with Gasteiger partial charge in [0, 0.05) is 30.1 Å². The molecule has 0 atom stereocenters. The number of anilines is 1. The highest BCUT2D eigenvalue weighted by Crippen LogP contribution is 2.47. The smallest absolute Gasteiger partial charge is 0.260 e. The fourth-order valence-electron chi connectivity index (χ4n) is 3.21. The van der Waals surface area contributed by atoms with Crippen LogP contribution in [0.15, 0.2) is 58.5 Å². The molecule has 1 amide bonds. The number of carbonyl (C=O) groups excluding carboxylic acids is 1. The molecule has 3 heterocycles. The fourth-order valence-corrected chi connectivity index (χ4v) is 3.21. The summed E-state index contributed by atoms with van der Waals surface area (Å²) < 4.78 is 1.69. The third-order valence-corrected chi connectivity index (χ3v) is 5.38. The Morgan fingerprint density at radius 2 is 2.06 bits per heavy atom. The molecule has 4 rings (SSSR count). The second-order valence-corrected chi connectivity index (χ2v) is 7.81. The van der Waals surface area contributed by atoms with Crippen molar-refractivity contribution in [1.29, 1.82) is 0 Å². The molecule has 1 aliphatic heterocycles. The average Bonchev–Trinajstić information content (AvgIpc) is 3.42. The van der Waals surface area contributed by atoms with Gasteiger partial charge in [0.15, 0.2) is 5.82 Å². The number of carbonyl (C=O) groups is 1. The lowest BCUT2D eigenvalue weighted by atomic mass is 10.1. The normalized spacial score (nSPS) is 16.6. The first-order chi connectivity index (χ1) is 15.4. The molecule has 0 bridgehead atoms. The molecular formula is C24H31N7O. The first-order valence-corrected chi connectivity index (χ1v) is 10.9. The van der Waals surface area contributed by atoms with Gasteiger partial charge < -0.3 is 5.32 Å². The van der Waals surface area contributed by atoms with Gasteiger partial charge in [-0.25, -0.2) is 4.98 Å². The zero-order valence-electron chi connectivity index (χ0n) is 19.5. The molecular weight excluding hydrogens is 402 g/mol. The number of nitrogens with one attached hydrogen (secondary N) is 1. The number of rotatable bonds is 6. The lowest BCUT2D eigenvalue weighted by Gasteiger charge is -2.20. The molecule has 168 valence electrons. The van der Waals surface area contributed by atoms with Gasteiger partial charge >= 0.3 is 0 Å². The van der Waals surface area contributed by atoms with E-state index >= 15 is 0 Å². The molecule has 0 unspecified atom stereocenters. The van der Waals surface area contributed by atoms with E-state index in [-0.39, 0.29) is 11.3 Å². The maximum atomic E-state index is 13.1. The van der Waals surface area contributed by atoms with E-state index in [2.05, 4.69) is 33.9 Å². The lowest BCUT2D eigenvalue weighted by molar-refractivity contribution is -0.112. The number of hydrazone groups is 1. The molecule has 1 fully saturated rings. The Labute approximate surface area is 189 Å². The molecule has 32 heavy (non-hydrogen) atoms. The van der Waals surface area contributed by atoms with E-state index in [0.29, 0.717) is 29.5 Å². The van der Waals surface area contributed by atoms with Gasteiger partial charge in [0.25, 0.3) is 5.91 Å². The topological polar surface area (TPSA) is 87.8 Å². The van der Waals surface area contributed by atoms with Crippen LogP contribution in [0.2, 0.25) is 0 Å². The number of hydrogen-bond acceptors (Lipinski definition) is 6. The molecule has 2 aliphatic rings. The molecule has 0 radical (unpaired) electrons. The van der Waals surface area contributed by atoms with Gasteiger partial charge in [-0.05, 0) is 38.3 Å². The zero-order valence-corrected chi connectivity index (χ0v) is 19.5. The highest BCUT2D eigenvalue weighted by atomic mass is 16.1. The minimum absolute atomic E-state index is 0.0586. The number of amides is 1. The van der Waals surface area contributed by atoms with Crippen molar-refractivity contribution in [2.24, 2.45) is 10.1 Å². The predicted octanol–water partition coefficient (Wildman–Crippen LogP) is 4.38. The van der Waals surface area contributed by atoms with Crippen molar-refractivity contribution in [3.8, 4) is 5.82 Å². The highest BCUT2D eigenvalue weighted by Gasteiger charge is 2.42. The van der Waals surface area contributed by atoms with E-state index in [9.17, 15) is 4.79 Å². The van der Waals surface area contributed by atoms with E-state index < -0.39 is 0 Å². The van der Waals surface area contributed by atoms with Gasteiger partial charge in [-0.1, -0.05) is 33.4 Å². The monoisotopic (exact) mass is 433 g/mol. The highest BCUT2D eigenvalue weighted by molar-refractivity contribution is 6.18. The summed E-state index contributed by atoms with van der Waals surface area (Å²) in [6.07, 6.45) is 8.73. The summed E-state index contributed by atoms with van der Waals surface area (Å²) in [6.45, 7) is 14.1. The summed E-state index contributed by atoms with van der Waals surface area (Å²) >= 11 is 0. The molecule has 8 heteroatoms. The van der Waals surface area contributed by atoms with Crippen LogP contribution in [0.3, 0.4) is 0 Å². The average molecular weight is 434 g/mol. The van der Waals surface area contributed by atoms with Crippen LogP contribution in [0, 0.1) is 6.92 Å². The largest absolute Gasteiger partial charge is 0.306 e. The second kappa shape index (κ2) is 9.72. The molecule has 0 spiro atoms. The maximum absolute atomic E-state index is 13.1. The van der Waals surface area contributed by atoms with Gasteiger partial charge in [-0.2, -0.15) is 14.9 Å². The summed E-state index contributed by atoms with van der Waals surface area (Å²) in [5, 5.41) is 13.6. The molecule has 2 aromatic rings. The third-order valence-electron chi connectivity index (χ3n) is 5.38. The van der Waals surface area contributed by atoms with Crippen LogP contribution < -0.4 is 5.32 Å². The molecule has 1 saturated carbocycles. The Morgan fingerprint density at radius 3 is 2.66 bits per heavy atom. The lowest BCUT2D eigenvalue weighted by Crippen LogP contribution is -2.26. The predicted molar refractivity (Wildman–Crippen MR) is 129 cm³/mol. The van der Waals surface area contributed by atoms with E-state index in [0.717, 1.165) is 24.1 Å². The molecule has 8 nitrogen and oxygen atoms in total. The summed E-state index contributed by atoms with van der Waals surface area (Å²) in [7, 11) is 0. The van der Waals surface area contributed by atoms with Crippen LogP contribution in [0.1, 0.15) is 51.8 Å². The van der Waals surface area contributed by atoms with Crippen molar-refractivity contribution >= 4 is 24.2 Å². The van der Waals surface area contributed by atoms with Gasteiger partial charge in [0.05, 0.1) is 29.7 Å².